The summed E-state index contributed by atoms with van der Waals surface area (Å²) in [7, 11) is 3.00. The van der Waals surface area contributed by atoms with Crippen LogP contribution in [0.2, 0.25) is 0 Å². The van der Waals surface area contributed by atoms with Crippen LogP contribution in [0.25, 0.3) is 0 Å². The van der Waals surface area contributed by atoms with Gasteiger partial charge in [-0.3, -0.25) is 19.3 Å². The fourth-order valence-electron chi connectivity index (χ4n) is 3.88. The Morgan fingerprint density at radius 2 is 1.66 bits per heavy atom. The molecule has 0 unspecified atom stereocenters. The summed E-state index contributed by atoms with van der Waals surface area (Å²) in [6, 6.07) is 9.30. The number of methoxy groups -OCH3 is 2. The van der Waals surface area contributed by atoms with E-state index in [0.717, 1.165) is 22.7 Å². The molecule has 0 bridgehead atoms. The van der Waals surface area contributed by atoms with Crippen LogP contribution in [0.15, 0.2) is 36.4 Å². The van der Waals surface area contributed by atoms with Crippen LogP contribution in [-0.4, -0.2) is 41.9 Å². The quantitative estimate of drug-likeness (QED) is 0.394. The average Bonchev–Trinajstić information content (AvgIpc) is 3.23. The molecule has 10 nitrogen and oxygen atoms in total. The van der Waals surface area contributed by atoms with Crippen molar-refractivity contribution in [1.29, 1.82) is 0 Å². The molecule has 5 N–H and O–H groups in total. The van der Waals surface area contributed by atoms with Gasteiger partial charge in [0.05, 0.1) is 19.9 Å². The van der Waals surface area contributed by atoms with E-state index in [2.05, 4.69) is 9.69 Å². The van der Waals surface area contributed by atoms with Gasteiger partial charge in [-0.05, 0) is 87.1 Å². The SMILES string of the molecule is COc1ccc([C@H](C(=O)NC(C)(C)C)N(C(=O)c2snc(C(N)=O)c2N)c2ccc(C)c(C)c2)cc1OC. The molecule has 38 heavy (non-hydrogen) atoms. The topological polar surface area (TPSA) is 150 Å². The van der Waals surface area contributed by atoms with Crippen LogP contribution in [0.3, 0.4) is 0 Å². The maximum atomic E-state index is 14.2. The average molecular weight is 540 g/mol. The smallest absolute Gasteiger partial charge is 0.273 e. The van der Waals surface area contributed by atoms with Crippen molar-refractivity contribution in [2.24, 2.45) is 5.73 Å². The first-order valence-electron chi connectivity index (χ1n) is 11.8. The van der Waals surface area contributed by atoms with Gasteiger partial charge in [0, 0.05) is 11.2 Å². The van der Waals surface area contributed by atoms with E-state index in [-0.39, 0.29) is 16.3 Å². The molecular formula is C27H33N5O5S. The normalized spacial score (nSPS) is 12.0. The van der Waals surface area contributed by atoms with Gasteiger partial charge < -0.3 is 26.3 Å². The zero-order valence-electron chi connectivity index (χ0n) is 22.5. The summed E-state index contributed by atoms with van der Waals surface area (Å²) in [5.41, 5.74) is 13.4. The summed E-state index contributed by atoms with van der Waals surface area (Å²) >= 11 is 0.751. The number of benzene rings is 2. The van der Waals surface area contributed by atoms with E-state index in [0.29, 0.717) is 22.7 Å². The molecule has 0 saturated carbocycles. The van der Waals surface area contributed by atoms with Gasteiger partial charge in [0.25, 0.3) is 11.8 Å². The van der Waals surface area contributed by atoms with Crippen molar-refractivity contribution in [3.63, 3.8) is 0 Å². The lowest BCUT2D eigenvalue weighted by Gasteiger charge is -2.34. The van der Waals surface area contributed by atoms with Gasteiger partial charge in [0.15, 0.2) is 17.2 Å². The maximum absolute atomic E-state index is 14.2. The highest BCUT2D eigenvalue weighted by Crippen LogP contribution is 2.37. The zero-order valence-corrected chi connectivity index (χ0v) is 23.4. The van der Waals surface area contributed by atoms with Gasteiger partial charge in [-0.25, -0.2) is 0 Å². The van der Waals surface area contributed by atoms with Crippen LogP contribution in [0.5, 0.6) is 11.5 Å². The van der Waals surface area contributed by atoms with Crippen molar-refractivity contribution in [1.82, 2.24) is 9.69 Å². The molecule has 11 heteroatoms. The van der Waals surface area contributed by atoms with E-state index < -0.39 is 29.3 Å². The number of primary amides is 1. The Morgan fingerprint density at radius 1 is 1.00 bits per heavy atom. The lowest BCUT2D eigenvalue weighted by atomic mass is 9.99. The standard InChI is InChI=1S/C27H33N5O5S/c1-14-8-10-17(12-15(14)2)32(26(35)23-20(28)21(24(29)33)31-38-23)22(25(34)30-27(3,4)5)16-9-11-18(36-6)19(13-16)37-7/h8-13,22H,28H2,1-7H3,(H2,29,33)(H,30,34)/t22-/m1/s1. The van der Waals surface area contributed by atoms with Crippen LogP contribution in [0, 0.1) is 13.8 Å². The third kappa shape index (κ3) is 5.88. The van der Waals surface area contributed by atoms with Gasteiger partial charge in [0.2, 0.25) is 5.91 Å². The predicted octanol–water partition coefficient (Wildman–Crippen LogP) is 3.76. The number of nitrogens with one attached hydrogen (secondary N) is 1. The van der Waals surface area contributed by atoms with Crippen molar-refractivity contribution in [2.45, 2.75) is 46.2 Å². The number of hydrogen-bond donors (Lipinski definition) is 3. The van der Waals surface area contributed by atoms with E-state index in [1.807, 2.05) is 46.8 Å². The highest BCUT2D eigenvalue weighted by atomic mass is 32.1. The highest BCUT2D eigenvalue weighted by molar-refractivity contribution is 7.09. The summed E-state index contributed by atoms with van der Waals surface area (Å²) in [5, 5.41) is 2.98. The number of aryl methyl sites for hydroxylation is 2. The number of nitrogens with two attached hydrogens (primary N) is 2. The largest absolute Gasteiger partial charge is 0.493 e. The summed E-state index contributed by atoms with van der Waals surface area (Å²) in [5.74, 6) is -1.04. The lowest BCUT2D eigenvalue weighted by molar-refractivity contribution is -0.123. The summed E-state index contributed by atoms with van der Waals surface area (Å²) in [6.45, 7) is 9.40. The molecule has 3 rings (SSSR count). The van der Waals surface area contributed by atoms with Gasteiger partial charge >= 0.3 is 0 Å². The summed E-state index contributed by atoms with van der Waals surface area (Å²) < 4.78 is 14.8. The van der Waals surface area contributed by atoms with Crippen molar-refractivity contribution in [2.75, 3.05) is 24.9 Å². The number of ether oxygens (including phenoxy) is 2. The Hall–Kier alpha value is -4.12. The third-order valence-corrected chi connectivity index (χ3v) is 6.72. The number of carbonyl (C=O) groups is 3. The second kappa shape index (κ2) is 11.1. The first-order valence-corrected chi connectivity index (χ1v) is 12.6. The first-order chi connectivity index (χ1) is 17.8. The monoisotopic (exact) mass is 539 g/mol. The Balaban J connectivity index is 2.31. The third-order valence-electron chi connectivity index (χ3n) is 5.87. The number of amides is 3. The second-order valence-corrected chi connectivity index (χ2v) is 10.6. The van der Waals surface area contributed by atoms with Crippen molar-refractivity contribution < 1.29 is 23.9 Å². The number of anilines is 2. The zero-order chi connectivity index (χ0) is 28.4. The Bertz CT molecular complexity index is 1380. The minimum atomic E-state index is -1.15. The number of carbonyl (C=O) groups excluding carboxylic acids is 3. The summed E-state index contributed by atoms with van der Waals surface area (Å²) in [6.07, 6.45) is 0. The van der Waals surface area contributed by atoms with Crippen LogP contribution < -0.4 is 31.2 Å². The van der Waals surface area contributed by atoms with E-state index in [9.17, 15) is 14.4 Å². The van der Waals surface area contributed by atoms with Gasteiger partial charge in [-0.1, -0.05) is 12.1 Å². The molecule has 0 radical (unpaired) electrons. The first kappa shape index (κ1) is 28.5. The number of nitrogen functional groups attached to an aromatic ring is 1. The van der Waals surface area contributed by atoms with Crippen molar-refractivity contribution in [3.8, 4) is 11.5 Å². The van der Waals surface area contributed by atoms with Gasteiger partial charge in [-0.2, -0.15) is 4.37 Å². The molecule has 0 fully saturated rings. The van der Waals surface area contributed by atoms with Crippen molar-refractivity contribution >= 4 is 40.6 Å². The van der Waals surface area contributed by atoms with Gasteiger partial charge in [-0.15, -0.1) is 0 Å². The molecular weight excluding hydrogens is 506 g/mol. The van der Waals surface area contributed by atoms with Gasteiger partial charge in [0.1, 0.15) is 10.9 Å². The van der Waals surface area contributed by atoms with E-state index in [1.165, 1.54) is 19.1 Å². The Morgan fingerprint density at radius 3 is 2.18 bits per heavy atom. The van der Waals surface area contributed by atoms with Crippen LogP contribution in [0.1, 0.15) is 63.7 Å². The lowest BCUT2D eigenvalue weighted by Crippen LogP contribution is -2.49. The fraction of sp³-hybridized carbons (Fsp3) is 0.333. The molecule has 0 saturated heterocycles. The fourth-order valence-corrected chi connectivity index (χ4v) is 4.62. The van der Waals surface area contributed by atoms with Crippen LogP contribution in [-0.2, 0) is 4.79 Å². The minimum absolute atomic E-state index is 0.00827. The molecule has 0 aliphatic rings. The van der Waals surface area contributed by atoms with Crippen LogP contribution in [0.4, 0.5) is 11.4 Å². The molecule has 3 aromatic rings. The Kier molecular flexibility index (Phi) is 8.31. The van der Waals surface area contributed by atoms with Crippen molar-refractivity contribution in [3.05, 3.63) is 63.7 Å². The molecule has 1 heterocycles. The number of hydrogen-bond acceptors (Lipinski definition) is 8. The molecule has 1 aromatic heterocycles. The molecule has 3 amide bonds. The van der Waals surface area contributed by atoms with E-state index >= 15 is 0 Å². The molecule has 202 valence electrons. The van der Waals surface area contributed by atoms with Crippen LogP contribution >= 0.6 is 11.5 Å². The minimum Gasteiger partial charge on any atom is -0.493 e. The predicted molar refractivity (Wildman–Crippen MR) is 148 cm³/mol. The molecule has 0 spiro atoms. The molecule has 2 aromatic carbocycles. The number of nitrogens with zero attached hydrogens (tertiary/aromatic N) is 2. The summed E-state index contributed by atoms with van der Waals surface area (Å²) in [4.78, 5) is 41.3. The van der Waals surface area contributed by atoms with E-state index in [1.54, 1.807) is 24.3 Å². The molecule has 0 aliphatic heterocycles. The number of rotatable bonds is 8. The second-order valence-electron chi connectivity index (χ2n) is 9.84. The molecule has 0 aliphatic carbocycles. The highest BCUT2D eigenvalue weighted by Gasteiger charge is 2.37. The molecule has 1 atom stereocenters. The number of aromatic nitrogens is 1. The Labute approximate surface area is 226 Å². The maximum Gasteiger partial charge on any atom is 0.273 e. The van der Waals surface area contributed by atoms with E-state index in [4.69, 9.17) is 20.9 Å².